The average Bonchev–Trinajstić information content (AvgIpc) is 3.32. The molecular weight excluding hydrogens is 360 g/mol. The zero-order valence-electron chi connectivity index (χ0n) is 16.3. The maximum absolute atomic E-state index is 12.3. The van der Waals surface area contributed by atoms with Crippen LogP contribution in [0, 0.1) is 0 Å². The Hall–Kier alpha value is -2.45. The van der Waals surface area contributed by atoms with Gasteiger partial charge in [-0.05, 0) is 25.5 Å². The highest BCUT2D eigenvalue weighted by atomic mass is 16.5. The number of nitrogens with one attached hydrogen (secondary N) is 1. The van der Waals surface area contributed by atoms with Crippen molar-refractivity contribution in [2.24, 2.45) is 0 Å². The Morgan fingerprint density at radius 1 is 1.36 bits per heavy atom. The van der Waals surface area contributed by atoms with Gasteiger partial charge in [-0.1, -0.05) is 17.3 Å². The number of morpholine rings is 1. The summed E-state index contributed by atoms with van der Waals surface area (Å²) in [4.78, 5) is 19.2. The highest BCUT2D eigenvalue weighted by molar-refractivity contribution is 5.76. The number of aryl methyl sites for hydroxylation is 1. The van der Waals surface area contributed by atoms with Gasteiger partial charge in [0, 0.05) is 38.0 Å². The second-order valence-electron chi connectivity index (χ2n) is 7.46. The average molecular weight is 386 g/mol. The van der Waals surface area contributed by atoms with Gasteiger partial charge in [-0.15, -0.1) is 0 Å². The molecule has 2 aliphatic rings. The van der Waals surface area contributed by atoms with Crippen LogP contribution in [-0.2, 0) is 16.0 Å². The molecule has 8 heteroatoms. The predicted molar refractivity (Wildman–Crippen MR) is 102 cm³/mol. The molecule has 1 aromatic heterocycles. The third-order valence-electron chi connectivity index (χ3n) is 5.34. The van der Waals surface area contributed by atoms with Gasteiger partial charge in [-0.25, -0.2) is 0 Å². The molecule has 3 atom stereocenters. The SMILES string of the molecule is COc1ccccc1-c1noc(CCC(=O)N[C@@H]2C[C@H]3CO[C@@H](C)CN3C2)n1. The number of para-hydroxylation sites is 1. The third-order valence-corrected chi connectivity index (χ3v) is 5.34. The summed E-state index contributed by atoms with van der Waals surface area (Å²) < 4.78 is 16.4. The molecule has 8 nitrogen and oxygen atoms in total. The number of carbonyl (C=O) groups excluding carboxylic acids is 1. The molecule has 1 N–H and O–H groups in total. The van der Waals surface area contributed by atoms with Gasteiger partial charge in [-0.3, -0.25) is 9.69 Å². The van der Waals surface area contributed by atoms with Crippen LogP contribution in [0.3, 0.4) is 0 Å². The van der Waals surface area contributed by atoms with E-state index >= 15 is 0 Å². The molecule has 1 amide bonds. The number of carbonyl (C=O) groups is 1. The van der Waals surface area contributed by atoms with Crippen LogP contribution >= 0.6 is 0 Å². The standard InChI is InChI=1S/C20H26N4O4/c1-13-10-24-11-14(9-15(24)12-27-13)21-18(25)7-8-19-22-20(23-28-19)16-5-3-4-6-17(16)26-2/h3-6,13-15H,7-12H2,1-2H3,(H,21,25)/t13-,14+,15-/m0/s1. The van der Waals surface area contributed by atoms with E-state index < -0.39 is 0 Å². The lowest BCUT2D eigenvalue weighted by atomic mass is 10.1. The van der Waals surface area contributed by atoms with Crippen LogP contribution < -0.4 is 10.1 Å². The molecule has 0 unspecified atom stereocenters. The largest absolute Gasteiger partial charge is 0.496 e. The van der Waals surface area contributed by atoms with Crippen molar-refractivity contribution in [2.75, 3.05) is 26.8 Å². The van der Waals surface area contributed by atoms with Crippen LogP contribution in [0.25, 0.3) is 11.4 Å². The Morgan fingerprint density at radius 2 is 2.21 bits per heavy atom. The van der Waals surface area contributed by atoms with Gasteiger partial charge < -0.3 is 19.3 Å². The summed E-state index contributed by atoms with van der Waals surface area (Å²) >= 11 is 0. The van der Waals surface area contributed by atoms with E-state index in [0.29, 0.717) is 36.3 Å². The molecular formula is C20H26N4O4. The zero-order chi connectivity index (χ0) is 19.5. The lowest BCUT2D eigenvalue weighted by Crippen LogP contribution is -2.45. The van der Waals surface area contributed by atoms with Crippen molar-refractivity contribution < 1.29 is 18.8 Å². The first kappa shape index (κ1) is 18.9. The molecule has 1 aromatic carbocycles. The van der Waals surface area contributed by atoms with Crippen LogP contribution in [0.4, 0.5) is 0 Å². The van der Waals surface area contributed by atoms with Crippen molar-refractivity contribution in [3.63, 3.8) is 0 Å². The Morgan fingerprint density at radius 3 is 3.07 bits per heavy atom. The zero-order valence-corrected chi connectivity index (χ0v) is 16.3. The van der Waals surface area contributed by atoms with Gasteiger partial charge in [-0.2, -0.15) is 4.98 Å². The number of ether oxygens (including phenoxy) is 2. The van der Waals surface area contributed by atoms with E-state index in [1.165, 1.54) is 0 Å². The molecule has 0 spiro atoms. The van der Waals surface area contributed by atoms with Crippen LogP contribution in [0.5, 0.6) is 5.75 Å². The van der Waals surface area contributed by atoms with Gasteiger partial charge in [0.1, 0.15) is 5.75 Å². The maximum Gasteiger partial charge on any atom is 0.227 e. The van der Waals surface area contributed by atoms with Crippen molar-refractivity contribution in [3.8, 4) is 17.1 Å². The summed E-state index contributed by atoms with van der Waals surface area (Å²) in [5.41, 5.74) is 0.767. The molecule has 2 aromatic rings. The van der Waals surface area contributed by atoms with Gasteiger partial charge in [0.2, 0.25) is 17.6 Å². The lowest BCUT2D eigenvalue weighted by Gasteiger charge is -2.33. The first-order valence-corrected chi connectivity index (χ1v) is 9.73. The number of nitrogens with zero attached hydrogens (tertiary/aromatic N) is 3. The Kier molecular flexibility index (Phi) is 5.59. The smallest absolute Gasteiger partial charge is 0.227 e. The highest BCUT2D eigenvalue weighted by Crippen LogP contribution is 2.27. The number of benzene rings is 1. The number of aromatic nitrogens is 2. The number of hydrogen-bond acceptors (Lipinski definition) is 7. The highest BCUT2D eigenvalue weighted by Gasteiger charge is 2.36. The van der Waals surface area contributed by atoms with Crippen LogP contribution in [0.1, 0.15) is 25.7 Å². The molecule has 4 rings (SSSR count). The summed E-state index contributed by atoms with van der Waals surface area (Å²) in [5.74, 6) is 1.61. The van der Waals surface area contributed by atoms with E-state index in [0.717, 1.165) is 31.7 Å². The molecule has 0 saturated carbocycles. The molecule has 0 aliphatic carbocycles. The molecule has 2 aliphatic heterocycles. The van der Waals surface area contributed by atoms with Gasteiger partial charge in [0.15, 0.2) is 0 Å². The van der Waals surface area contributed by atoms with E-state index in [-0.39, 0.29) is 18.1 Å². The second kappa shape index (κ2) is 8.28. The fourth-order valence-electron chi connectivity index (χ4n) is 3.96. The molecule has 0 radical (unpaired) electrons. The first-order valence-electron chi connectivity index (χ1n) is 9.73. The number of amides is 1. The van der Waals surface area contributed by atoms with Gasteiger partial charge in [0.05, 0.1) is 25.4 Å². The molecule has 3 heterocycles. The number of methoxy groups -OCH3 is 1. The predicted octanol–water partition coefficient (Wildman–Crippen LogP) is 1.66. The summed E-state index contributed by atoms with van der Waals surface area (Å²) in [5, 5.41) is 7.14. The second-order valence-corrected chi connectivity index (χ2v) is 7.46. The Bertz CT molecular complexity index is 824. The Labute approximate surface area is 164 Å². The van der Waals surface area contributed by atoms with Crippen LogP contribution in [0.2, 0.25) is 0 Å². The monoisotopic (exact) mass is 386 g/mol. The minimum Gasteiger partial charge on any atom is -0.496 e. The van der Waals surface area contributed by atoms with E-state index in [2.05, 4.69) is 27.3 Å². The summed E-state index contributed by atoms with van der Waals surface area (Å²) in [6.45, 7) is 4.67. The van der Waals surface area contributed by atoms with Crippen molar-refractivity contribution >= 4 is 5.91 Å². The van der Waals surface area contributed by atoms with Gasteiger partial charge in [0.25, 0.3) is 0 Å². The third kappa shape index (κ3) is 4.18. The van der Waals surface area contributed by atoms with E-state index in [9.17, 15) is 4.79 Å². The van der Waals surface area contributed by atoms with E-state index in [4.69, 9.17) is 14.0 Å². The number of rotatable bonds is 6. The van der Waals surface area contributed by atoms with Crippen LogP contribution in [-0.4, -0.2) is 65.9 Å². The fraction of sp³-hybridized carbons (Fsp3) is 0.550. The quantitative estimate of drug-likeness (QED) is 0.807. The van der Waals surface area contributed by atoms with E-state index in [1.54, 1.807) is 7.11 Å². The fourth-order valence-corrected chi connectivity index (χ4v) is 3.96. The Balaban J connectivity index is 1.28. The molecule has 2 fully saturated rings. The lowest BCUT2D eigenvalue weighted by molar-refractivity contribution is -0.121. The molecule has 150 valence electrons. The maximum atomic E-state index is 12.3. The number of fused-ring (bicyclic) bond motifs is 1. The summed E-state index contributed by atoms with van der Waals surface area (Å²) in [6, 6.07) is 8.09. The minimum atomic E-state index is 0.0101. The van der Waals surface area contributed by atoms with Crippen molar-refractivity contribution in [1.82, 2.24) is 20.4 Å². The summed E-state index contributed by atoms with van der Waals surface area (Å²) in [7, 11) is 1.60. The van der Waals surface area contributed by atoms with Crippen molar-refractivity contribution in [1.29, 1.82) is 0 Å². The first-order chi connectivity index (χ1) is 13.6. The van der Waals surface area contributed by atoms with Gasteiger partial charge >= 0.3 is 0 Å². The molecule has 0 bridgehead atoms. The normalized spacial score (nSPS) is 24.7. The van der Waals surface area contributed by atoms with Crippen LogP contribution in [0.15, 0.2) is 28.8 Å². The van der Waals surface area contributed by atoms with Crippen molar-refractivity contribution in [2.45, 2.75) is 44.4 Å². The molecule has 28 heavy (non-hydrogen) atoms. The van der Waals surface area contributed by atoms with Crippen molar-refractivity contribution in [3.05, 3.63) is 30.2 Å². The summed E-state index contributed by atoms with van der Waals surface area (Å²) in [6.07, 6.45) is 1.94. The molecule has 2 saturated heterocycles. The minimum absolute atomic E-state index is 0.0101. The van der Waals surface area contributed by atoms with E-state index in [1.807, 2.05) is 24.3 Å². The number of hydrogen-bond donors (Lipinski definition) is 1. The topological polar surface area (TPSA) is 89.7 Å².